The van der Waals surface area contributed by atoms with Gasteiger partial charge >= 0.3 is 0 Å². The lowest BCUT2D eigenvalue weighted by Gasteiger charge is -2.29. The highest BCUT2D eigenvalue weighted by Gasteiger charge is 2.21. The molecule has 0 aliphatic carbocycles. The van der Waals surface area contributed by atoms with Gasteiger partial charge in [-0.15, -0.1) is 0 Å². The minimum absolute atomic E-state index is 0.381. The van der Waals surface area contributed by atoms with E-state index in [2.05, 4.69) is 46.9 Å². The zero-order valence-corrected chi connectivity index (χ0v) is 12.8. The molecule has 2 nitrogen and oxygen atoms in total. The van der Waals surface area contributed by atoms with Crippen molar-refractivity contribution in [3.05, 3.63) is 0 Å². The first-order valence-electron chi connectivity index (χ1n) is 7.18. The minimum Gasteiger partial charge on any atom is -0.381 e. The molecule has 0 rings (SSSR count). The van der Waals surface area contributed by atoms with Gasteiger partial charge in [0.15, 0.2) is 0 Å². The molecule has 0 aliphatic heterocycles. The van der Waals surface area contributed by atoms with Crippen LogP contribution in [-0.4, -0.2) is 26.3 Å². The van der Waals surface area contributed by atoms with E-state index in [9.17, 15) is 0 Å². The predicted molar refractivity (Wildman–Crippen MR) is 76.4 cm³/mol. The smallest absolute Gasteiger partial charge is 0.0488 e. The molecule has 0 radical (unpaired) electrons. The van der Waals surface area contributed by atoms with Crippen molar-refractivity contribution in [1.29, 1.82) is 0 Å². The maximum absolute atomic E-state index is 5.69. The van der Waals surface area contributed by atoms with Crippen molar-refractivity contribution in [3.8, 4) is 0 Å². The Hall–Kier alpha value is -0.0800. The van der Waals surface area contributed by atoms with Gasteiger partial charge in [-0.1, -0.05) is 41.5 Å². The summed E-state index contributed by atoms with van der Waals surface area (Å²) in [5.41, 5.74) is 0.381. The molecule has 0 amide bonds. The van der Waals surface area contributed by atoms with E-state index in [1.54, 1.807) is 0 Å². The molecule has 0 heterocycles. The fraction of sp³-hybridized carbons (Fsp3) is 1.00. The van der Waals surface area contributed by atoms with Crippen molar-refractivity contribution in [2.75, 3.05) is 26.3 Å². The summed E-state index contributed by atoms with van der Waals surface area (Å²) < 4.78 is 5.69. The predicted octanol–water partition coefficient (Wildman–Crippen LogP) is 3.71. The second-order valence-corrected chi connectivity index (χ2v) is 6.41. The van der Waals surface area contributed by atoms with Crippen molar-refractivity contribution >= 4 is 0 Å². The van der Waals surface area contributed by atoms with E-state index in [0.29, 0.717) is 11.3 Å². The van der Waals surface area contributed by atoms with E-state index in [-0.39, 0.29) is 0 Å². The Bertz CT molecular complexity index is 180. The van der Waals surface area contributed by atoms with Crippen LogP contribution in [0, 0.1) is 17.3 Å². The molecule has 17 heavy (non-hydrogen) atoms. The summed E-state index contributed by atoms with van der Waals surface area (Å²) in [7, 11) is 0. The van der Waals surface area contributed by atoms with Crippen LogP contribution in [0.4, 0.5) is 0 Å². The van der Waals surface area contributed by atoms with Crippen LogP contribution in [0.3, 0.4) is 0 Å². The molecular weight excluding hydrogens is 210 g/mol. The third kappa shape index (κ3) is 9.61. The molecule has 0 aromatic heterocycles. The van der Waals surface area contributed by atoms with Gasteiger partial charge in [-0.05, 0) is 36.6 Å². The molecule has 1 N–H and O–H groups in total. The monoisotopic (exact) mass is 243 g/mol. The quantitative estimate of drug-likeness (QED) is 0.591. The highest BCUT2D eigenvalue weighted by atomic mass is 16.5. The summed E-state index contributed by atoms with van der Waals surface area (Å²) in [5, 5.41) is 3.57. The van der Waals surface area contributed by atoms with Crippen LogP contribution in [-0.2, 0) is 4.74 Å². The summed E-state index contributed by atoms with van der Waals surface area (Å²) in [6.45, 7) is 17.5. The SMILES string of the molecule is CCC(C)(CCOCC(C)C)CNCC(C)C. The summed E-state index contributed by atoms with van der Waals surface area (Å²) in [4.78, 5) is 0. The van der Waals surface area contributed by atoms with Crippen molar-refractivity contribution in [2.45, 2.75) is 54.4 Å². The third-order valence-corrected chi connectivity index (χ3v) is 3.26. The molecule has 1 unspecified atom stereocenters. The van der Waals surface area contributed by atoms with E-state index >= 15 is 0 Å². The fourth-order valence-electron chi connectivity index (χ4n) is 1.69. The van der Waals surface area contributed by atoms with Crippen LogP contribution >= 0.6 is 0 Å². The van der Waals surface area contributed by atoms with Crippen LogP contribution in [0.1, 0.15) is 54.4 Å². The van der Waals surface area contributed by atoms with Crippen LogP contribution < -0.4 is 5.32 Å². The average Bonchev–Trinajstić information content (AvgIpc) is 2.24. The van der Waals surface area contributed by atoms with E-state index in [1.165, 1.54) is 6.42 Å². The normalized spacial score (nSPS) is 15.5. The Labute approximate surface area is 109 Å². The van der Waals surface area contributed by atoms with Gasteiger partial charge in [0.2, 0.25) is 0 Å². The Morgan fingerprint density at radius 3 is 2.24 bits per heavy atom. The number of nitrogens with one attached hydrogen (secondary N) is 1. The fourth-order valence-corrected chi connectivity index (χ4v) is 1.69. The van der Waals surface area contributed by atoms with Crippen LogP contribution in [0.2, 0.25) is 0 Å². The molecule has 2 heteroatoms. The van der Waals surface area contributed by atoms with Gasteiger partial charge < -0.3 is 10.1 Å². The number of hydrogen-bond donors (Lipinski definition) is 1. The van der Waals surface area contributed by atoms with E-state index < -0.39 is 0 Å². The molecule has 1 atom stereocenters. The summed E-state index contributed by atoms with van der Waals surface area (Å²) in [6, 6.07) is 0. The van der Waals surface area contributed by atoms with Gasteiger partial charge in [0, 0.05) is 19.8 Å². The van der Waals surface area contributed by atoms with E-state index in [1.807, 2.05) is 0 Å². The minimum atomic E-state index is 0.381. The maximum atomic E-state index is 5.69. The van der Waals surface area contributed by atoms with E-state index in [4.69, 9.17) is 4.74 Å². The summed E-state index contributed by atoms with van der Waals surface area (Å²) >= 11 is 0. The molecule has 0 saturated heterocycles. The number of rotatable bonds is 10. The zero-order valence-electron chi connectivity index (χ0n) is 12.8. The van der Waals surface area contributed by atoms with Gasteiger partial charge in [0.05, 0.1) is 0 Å². The molecule has 0 spiro atoms. The number of ether oxygens (including phenoxy) is 1. The highest BCUT2D eigenvalue weighted by molar-refractivity contribution is 4.75. The molecular formula is C15H33NO. The number of hydrogen-bond acceptors (Lipinski definition) is 2. The van der Waals surface area contributed by atoms with Gasteiger partial charge in [0.1, 0.15) is 0 Å². The van der Waals surface area contributed by atoms with Crippen molar-refractivity contribution in [2.24, 2.45) is 17.3 Å². The molecule has 0 aliphatic rings. The lowest BCUT2D eigenvalue weighted by Crippen LogP contribution is -2.34. The van der Waals surface area contributed by atoms with Crippen LogP contribution in [0.5, 0.6) is 0 Å². The first kappa shape index (κ1) is 16.9. The molecule has 0 saturated carbocycles. The van der Waals surface area contributed by atoms with Gasteiger partial charge in [-0.3, -0.25) is 0 Å². The second kappa shape index (κ2) is 8.93. The second-order valence-electron chi connectivity index (χ2n) is 6.41. The third-order valence-electron chi connectivity index (χ3n) is 3.26. The molecule has 0 fully saturated rings. The van der Waals surface area contributed by atoms with Gasteiger partial charge in [-0.2, -0.15) is 0 Å². The first-order valence-corrected chi connectivity index (χ1v) is 7.18. The van der Waals surface area contributed by atoms with Crippen molar-refractivity contribution < 1.29 is 4.74 Å². The standard InChI is InChI=1S/C15H33NO/c1-7-15(6,12-16-10-13(2)3)8-9-17-11-14(4)5/h13-14,16H,7-12H2,1-6H3. The Kier molecular flexibility index (Phi) is 8.89. The Morgan fingerprint density at radius 2 is 1.76 bits per heavy atom. The van der Waals surface area contributed by atoms with Gasteiger partial charge in [0.25, 0.3) is 0 Å². The highest BCUT2D eigenvalue weighted by Crippen LogP contribution is 2.24. The average molecular weight is 243 g/mol. The first-order chi connectivity index (χ1) is 7.89. The van der Waals surface area contributed by atoms with Crippen molar-refractivity contribution in [1.82, 2.24) is 5.32 Å². The van der Waals surface area contributed by atoms with E-state index in [0.717, 1.165) is 38.6 Å². The maximum Gasteiger partial charge on any atom is 0.0488 e. The Morgan fingerprint density at radius 1 is 1.12 bits per heavy atom. The van der Waals surface area contributed by atoms with Crippen LogP contribution in [0.25, 0.3) is 0 Å². The largest absolute Gasteiger partial charge is 0.381 e. The summed E-state index contributed by atoms with van der Waals surface area (Å²) in [5.74, 6) is 1.37. The summed E-state index contributed by atoms with van der Waals surface area (Å²) in [6.07, 6.45) is 2.37. The van der Waals surface area contributed by atoms with Crippen LogP contribution in [0.15, 0.2) is 0 Å². The topological polar surface area (TPSA) is 21.3 Å². The Balaban J connectivity index is 3.76. The molecule has 0 aromatic rings. The molecule has 0 aromatic carbocycles. The van der Waals surface area contributed by atoms with Gasteiger partial charge in [-0.25, -0.2) is 0 Å². The molecule has 104 valence electrons. The molecule has 0 bridgehead atoms. The lowest BCUT2D eigenvalue weighted by molar-refractivity contribution is 0.0788. The lowest BCUT2D eigenvalue weighted by atomic mass is 9.84. The van der Waals surface area contributed by atoms with Crippen molar-refractivity contribution in [3.63, 3.8) is 0 Å². The zero-order chi connectivity index (χ0) is 13.3.